The molecular weight excluding hydrogens is 294 g/mol. The molecule has 0 spiro atoms. The van der Waals surface area contributed by atoms with Gasteiger partial charge >= 0.3 is 0 Å². The molecule has 2 aliphatic heterocycles. The highest BCUT2D eigenvalue weighted by Gasteiger charge is 2.47. The van der Waals surface area contributed by atoms with Crippen LogP contribution >= 0.6 is 0 Å². The molecular formula is C18H25NO4. The van der Waals surface area contributed by atoms with Crippen molar-refractivity contribution in [3.05, 3.63) is 24.2 Å². The van der Waals surface area contributed by atoms with Crippen molar-refractivity contribution in [3.63, 3.8) is 0 Å². The van der Waals surface area contributed by atoms with Crippen LogP contribution in [0.15, 0.2) is 22.8 Å². The van der Waals surface area contributed by atoms with Crippen molar-refractivity contribution in [1.82, 2.24) is 4.90 Å². The third kappa shape index (κ3) is 3.17. The lowest BCUT2D eigenvalue weighted by Gasteiger charge is -2.50. The molecule has 5 heteroatoms. The molecule has 0 aromatic carbocycles. The molecule has 1 aliphatic carbocycles. The Bertz CT molecular complexity index is 539. The molecule has 1 aromatic heterocycles. The molecule has 2 saturated heterocycles. The number of rotatable bonds is 5. The van der Waals surface area contributed by atoms with Crippen molar-refractivity contribution in [1.29, 1.82) is 0 Å². The molecule has 3 heterocycles. The topological polar surface area (TPSA) is 51.9 Å². The van der Waals surface area contributed by atoms with Crippen molar-refractivity contribution in [2.75, 3.05) is 32.9 Å². The lowest BCUT2D eigenvalue weighted by Crippen LogP contribution is -2.58. The number of carbonyl (C=O) groups is 1. The maximum Gasteiger partial charge on any atom is 0.289 e. The molecule has 4 rings (SSSR count). The molecule has 1 amide bonds. The summed E-state index contributed by atoms with van der Waals surface area (Å²) in [5.74, 6) is 1.17. The van der Waals surface area contributed by atoms with E-state index in [4.69, 9.17) is 13.9 Å². The molecule has 1 saturated carbocycles. The van der Waals surface area contributed by atoms with Crippen LogP contribution in [0.1, 0.15) is 42.7 Å². The molecule has 3 fully saturated rings. The normalized spacial score (nSPS) is 31.0. The van der Waals surface area contributed by atoms with Gasteiger partial charge in [0.05, 0.1) is 19.0 Å². The van der Waals surface area contributed by atoms with Crippen LogP contribution in [0.2, 0.25) is 0 Å². The van der Waals surface area contributed by atoms with Crippen LogP contribution in [-0.4, -0.2) is 49.8 Å². The number of ether oxygens (including phenoxy) is 2. The summed E-state index contributed by atoms with van der Waals surface area (Å²) in [6.07, 6.45) is 7.39. The highest BCUT2D eigenvalue weighted by atomic mass is 16.5. The second-order valence-electron chi connectivity index (χ2n) is 7.28. The molecule has 23 heavy (non-hydrogen) atoms. The van der Waals surface area contributed by atoms with Gasteiger partial charge in [0.2, 0.25) is 0 Å². The number of furan rings is 1. The van der Waals surface area contributed by atoms with Crippen molar-refractivity contribution in [3.8, 4) is 0 Å². The van der Waals surface area contributed by atoms with Gasteiger partial charge in [-0.15, -0.1) is 0 Å². The molecule has 0 N–H and O–H groups in total. The van der Waals surface area contributed by atoms with E-state index in [0.29, 0.717) is 18.9 Å². The summed E-state index contributed by atoms with van der Waals surface area (Å²) in [6, 6.07) is 3.50. The first-order chi connectivity index (χ1) is 11.3. The highest BCUT2D eigenvalue weighted by molar-refractivity contribution is 5.91. The fourth-order valence-corrected chi connectivity index (χ4v) is 3.94. The van der Waals surface area contributed by atoms with Gasteiger partial charge in [0.25, 0.3) is 5.91 Å². The van der Waals surface area contributed by atoms with Crippen LogP contribution in [0.3, 0.4) is 0 Å². The second kappa shape index (κ2) is 6.29. The van der Waals surface area contributed by atoms with Crippen LogP contribution in [0.4, 0.5) is 0 Å². The molecule has 3 aliphatic rings. The Hall–Kier alpha value is -1.33. The lowest BCUT2D eigenvalue weighted by molar-refractivity contribution is -0.147. The van der Waals surface area contributed by atoms with Gasteiger partial charge < -0.3 is 18.8 Å². The van der Waals surface area contributed by atoms with E-state index in [0.717, 1.165) is 44.9 Å². The number of fused-ring (bicyclic) bond motifs is 1. The number of nitrogens with zero attached hydrogens (tertiary/aromatic N) is 1. The van der Waals surface area contributed by atoms with E-state index in [1.54, 1.807) is 18.4 Å². The first-order valence-corrected chi connectivity index (χ1v) is 8.79. The minimum absolute atomic E-state index is 0.0133. The summed E-state index contributed by atoms with van der Waals surface area (Å²) >= 11 is 0. The molecule has 0 bridgehead atoms. The predicted molar refractivity (Wildman–Crippen MR) is 84.2 cm³/mol. The number of piperidine rings is 1. The highest BCUT2D eigenvalue weighted by Crippen LogP contribution is 2.41. The van der Waals surface area contributed by atoms with E-state index >= 15 is 0 Å². The smallest absolute Gasteiger partial charge is 0.289 e. The van der Waals surface area contributed by atoms with E-state index in [-0.39, 0.29) is 17.4 Å². The zero-order chi connectivity index (χ0) is 15.7. The zero-order valence-electron chi connectivity index (χ0n) is 13.5. The summed E-state index contributed by atoms with van der Waals surface area (Å²) in [7, 11) is 0. The van der Waals surface area contributed by atoms with E-state index in [1.165, 1.54) is 12.8 Å². The number of hydrogen-bond donors (Lipinski definition) is 0. The van der Waals surface area contributed by atoms with Crippen LogP contribution in [0.25, 0.3) is 0 Å². The first-order valence-electron chi connectivity index (χ1n) is 8.79. The summed E-state index contributed by atoms with van der Waals surface area (Å²) in [5.41, 5.74) is -0.0480. The lowest BCUT2D eigenvalue weighted by atomic mass is 9.73. The van der Waals surface area contributed by atoms with Crippen molar-refractivity contribution in [2.45, 2.75) is 38.2 Å². The van der Waals surface area contributed by atoms with Gasteiger partial charge in [0.1, 0.15) is 0 Å². The minimum atomic E-state index is -0.0480. The van der Waals surface area contributed by atoms with Crippen molar-refractivity contribution >= 4 is 5.91 Å². The fraction of sp³-hybridized carbons (Fsp3) is 0.722. The van der Waals surface area contributed by atoms with E-state index in [1.807, 2.05) is 4.90 Å². The third-order valence-electron chi connectivity index (χ3n) is 5.45. The van der Waals surface area contributed by atoms with Crippen molar-refractivity contribution < 1.29 is 18.7 Å². The monoisotopic (exact) mass is 319 g/mol. The van der Waals surface area contributed by atoms with Gasteiger partial charge in [-0.2, -0.15) is 0 Å². The van der Waals surface area contributed by atoms with Crippen LogP contribution in [-0.2, 0) is 9.47 Å². The minimum Gasteiger partial charge on any atom is -0.459 e. The number of hydrogen-bond acceptors (Lipinski definition) is 4. The van der Waals surface area contributed by atoms with Gasteiger partial charge in [0, 0.05) is 31.7 Å². The van der Waals surface area contributed by atoms with E-state index in [2.05, 4.69) is 0 Å². The maximum atomic E-state index is 12.6. The van der Waals surface area contributed by atoms with E-state index in [9.17, 15) is 4.79 Å². The summed E-state index contributed by atoms with van der Waals surface area (Å²) in [4.78, 5) is 14.5. The Morgan fingerprint density at radius 2 is 2.30 bits per heavy atom. The number of carbonyl (C=O) groups excluding carboxylic acids is 1. The van der Waals surface area contributed by atoms with Crippen molar-refractivity contribution in [2.24, 2.45) is 11.3 Å². The predicted octanol–water partition coefficient (Wildman–Crippen LogP) is 2.72. The molecule has 2 atom stereocenters. The average Bonchev–Trinajstić information content (AvgIpc) is 3.24. The summed E-state index contributed by atoms with van der Waals surface area (Å²) in [5, 5.41) is 0. The fourth-order valence-electron chi connectivity index (χ4n) is 3.94. The third-order valence-corrected chi connectivity index (χ3v) is 5.45. The largest absolute Gasteiger partial charge is 0.459 e. The van der Waals surface area contributed by atoms with Gasteiger partial charge in [-0.05, 0) is 50.2 Å². The van der Waals surface area contributed by atoms with Crippen LogP contribution < -0.4 is 0 Å². The maximum absolute atomic E-state index is 12.6. The van der Waals surface area contributed by atoms with Gasteiger partial charge in [0.15, 0.2) is 5.76 Å². The quantitative estimate of drug-likeness (QED) is 0.837. The average molecular weight is 319 g/mol. The Labute approximate surface area is 136 Å². The summed E-state index contributed by atoms with van der Waals surface area (Å²) < 4.78 is 17.4. The van der Waals surface area contributed by atoms with Gasteiger partial charge in [-0.1, -0.05) is 0 Å². The molecule has 1 aromatic rings. The standard InChI is InChI=1S/C18H25NO4/c20-17(15-3-1-9-22-15)19-8-6-16-18(12-19,7-2-10-23-16)13-21-11-14-4-5-14/h1,3,9,14,16H,2,4-8,10-13H2/t16-,18-/m1/s1. The molecule has 0 radical (unpaired) electrons. The Morgan fingerprint density at radius 1 is 1.39 bits per heavy atom. The molecule has 5 nitrogen and oxygen atoms in total. The van der Waals surface area contributed by atoms with Gasteiger partial charge in [-0.25, -0.2) is 0 Å². The Morgan fingerprint density at radius 3 is 3.09 bits per heavy atom. The van der Waals surface area contributed by atoms with Gasteiger partial charge in [-0.3, -0.25) is 4.79 Å². The van der Waals surface area contributed by atoms with E-state index < -0.39 is 0 Å². The van der Waals surface area contributed by atoms with Crippen LogP contribution in [0.5, 0.6) is 0 Å². The SMILES string of the molecule is O=C(c1ccco1)N1CC[C@H]2OCCC[C@]2(COCC2CC2)C1. The molecule has 0 unspecified atom stereocenters. The Kier molecular flexibility index (Phi) is 4.16. The zero-order valence-corrected chi connectivity index (χ0v) is 13.5. The van der Waals surface area contributed by atoms with Crippen LogP contribution in [0, 0.1) is 11.3 Å². The summed E-state index contributed by atoms with van der Waals surface area (Å²) in [6.45, 7) is 3.84. The number of likely N-dealkylation sites (tertiary alicyclic amines) is 1. The Balaban J connectivity index is 1.46. The second-order valence-corrected chi connectivity index (χ2v) is 7.28. The first kappa shape index (κ1) is 15.2. The number of amides is 1. The molecule has 126 valence electrons.